The molecule has 100 valence electrons. The summed E-state index contributed by atoms with van der Waals surface area (Å²) in [6.07, 6.45) is 8.85. The van der Waals surface area contributed by atoms with Gasteiger partial charge in [-0.25, -0.2) is 5.48 Å². The molecule has 0 saturated heterocycles. The highest BCUT2D eigenvalue weighted by atomic mass is 16.7. The van der Waals surface area contributed by atoms with Crippen LogP contribution in [0.2, 0.25) is 0 Å². The molecular formula is C13H19NO4. The van der Waals surface area contributed by atoms with Crippen LogP contribution >= 0.6 is 0 Å². The van der Waals surface area contributed by atoms with Crippen molar-refractivity contribution in [1.82, 2.24) is 5.48 Å². The standard InChI is InChI=1S/C13H19NO4/c15-12(14-18-9-5-1-2-6-9)10-7-3-4-8-11(10)13(16)17/h3-4,9-11H,1-2,5-8H2,(H,14,15)(H,16,17)/t10-,11+/m1/s1. The normalized spacial score (nSPS) is 28.2. The Labute approximate surface area is 106 Å². The molecule has 0 aromatic rings. The van der Waals surface area contributed by atoms with Crippen LogP contribution in [0.4, 0.5) is 0 Å². The molecule has 0 heterocycles. The maximum Gasteiger partial charge on any atom is 0.307 e. The lowest BCUT2D eigenvalue weighted by Crippen LogP contribution is -2.40. The number of carbonyl (C=O) groups is 2. The van der Waals surface area contributed by atoms with Crippen molar-refractivity contribution in [1.29, 1.82) is 0 Å². The molecule has 0 aromatic heterocycles. The van der Waals surface area contributed by atoms with Crippen LogP contribution in [0.25, 0.3) is 0 Å². The first-order valence-electron chi connectivity index (χ1n) is 6.52. The number of hydrogen-bond acceptors (Lipinski definition) is 3. The molecule has 2 atom stereocenters. The number of hydroxylamine groups is 1. The Bertz CT molecular complexity index is 347. The second kappa shape index (κ2) is 6.00. The summed E-state index contributed by atoms with van der Waals surface area (Å²) in [6.45, 7) is 0. The first-order chi connectivity index (χ1) is 8.68. The van der Waals surface area contributed by atoms with Crippen LogP contribution in [0.3, 0.4) is 0 Å². The molecule has 0 spiro atoms. The molecule has 5 heteroatoms. The van der Waals surface area contributed by atoms with E-state index in [1.807, 2.05) is 12.2 Å². The highest BCUT2D eigenvalue weighted by molar-refractivity contribution is 5.84. The third-order valence-corrected chi connectivity index (χ3v) is 3.71. The van der Waals surface area contributed by atoms with Gasteiger partial charge in [0.05, 0.1) is 17.9 Å². The SMILES string of the molecule is O=C(O)[C@H]1CC=CC[C@H]1C(=O)NOC1CCCC1. The number of carbonyl (C=O) groups excluding carboxylic acids is 1. The highest BCUT2D eigenvalue weighted by Crippen LogP contribution is 2.26. The number of carboxylic acid groups (broad SMARTS) is 1. The first kappa shape index (κ1) is 13.1. The summed E-state index contributed by atoms with van der Waals surface area (Å²) < 4.78 is 0. The number of amides is 1. The monoisotopic (exact) mass is 253 g/mol. The fourth-order valence-electron chi connectivity index (χ4n) is 2.60. The van der Waals surface area contributed by atoms with Crippen LogP contribution in [-0.4, -0.2) is 23.1 Å². The summed E-state index contributed by atoms with van der Waals surface area (Å²) in [6, 6.07) is 0. The van der Waals surface area contributed by atoms with Gasteiger partial charge in [-0.1, -0.05) is 25.0 Å². The minimum Gasteiger partial charge on any atom is -0.481 e. The number of carboxylic acids is 1. The van der Waals surface area contributed by atoms with E-state index in [9.17, 15) is 9.59 Å². The largest absolute Gasteiger partial charge is 0.481 e. The summed E-state index contributed by atoms with van der Waals surface area (Å²) >= 11 is 0. The molecule has 18 heavy (non-hydrogen) atoms. The third kappa shape index (κ3) is 3.10. The predicted octanol–water partition coefficient (Wildman–Crippen LogP) is 1.64. The average Bonchev–Trinajstić information content (AvgIpc) is 2.89. The summed E-state index contributed by atoms with van der Waals surface area (Å²) in [4.78, 5) is 28.3. The van der Waals surface area contributed by atoms with Crippen LogP contribution in [-0.2, 0) is 14.4 Å². The van der Waals surface area contributed by atoms with Crippen molar-refractivity contribution in [2.75, 3.05) is 0 Å². The van der Waals surface area contributed by atoms with Gasteiger partial charge in [-0.15, -0.1) is 0 Å². The van der Waals surface area contributed by atoms with Crippen molar-refractivity contribution in [2.45, 2.75) is 44.6 Å². The van der Waals surface area contributed by atoms with E-state index >= 15 is 0 Å². The van der Waals surface area contributed by atoms with E-state index in [0.717, 1.165) is 25.7 Å². The summed E-state index contributed by atoms with van der Waals surface area (Å²) in [5, 5.41) is 9.08. The zero-order chi connectivity index (χ0) is 13.0. The lowest BCUT2D eigenvalue weighted by molar-refractivity contribution is -0.153. The molecule has 2 rings (SSSR count). The number of hydrogen-bond donors (Lipinski definition) is 2. The minimum atomic E-state index is -0.916. The molecule has 1 amide bonds. The quantitative estimate of drug-likeness (QED) is 0.590. The molecule has 1 fully saturated rings. The van der Waals surface area contributed by atoms with E-state index in [0.29, 0.717) is 12.8 Å². The molecule has 0 unspecified atom stereocenters. The lowest BCUT2D eigenvalue weighted by Gasteiger charge is -2.24. The lowest BCUT2D eigenvalue weighted by atomic mass is 9.82. The predicted molar refractivity (Wildman–Crippen MR) is 64.5 cm³/mol. The van der Waals surface area contributed by atoms with Crippen LogP contribution in [0.5, 0.6) is 0 Å². The van der Waals surface area contributed by atoms with Gasteiger partial charge < -0.3 is 5.11 Å². The van der Waals surface area contributed by atoms with Crippen LogP contribution in [0.15, 0.2) is 12.2 Å². The Morgan fingerprint density at radius 3 is 2.33 bits per heavy atom. The molecule has 2 aliphatic rings. The van der Waals surface area contributed by atoms with Gasteiger partial charge in [-0.05, 0) is 25.7 Å². The summed E-state index contributed by atoms with van der Waals surface area (Å²) in [7, 11) is 0. The van der Waals surface area contributed by atoms with Crippen molar-refractivity contribution in [2.24, 2.45) is 11.8 Å². The van der Waals surface area contributed by atoms with Crippen molar-refractivity contribution >= 4 is 11.9 Å². The third-order valence-electron chi connectivity index (χ3n) is 3.71. The van der Waals surface area contributed by atoms with Gasteiger partial charge in [0.15, 0.2) is 0 Å². The van der Waals surface area contributed by atoms with Crippen LogP contribution in [0, 0.1) is 11.8 Å². The Balaban J connectivity index is 1.86. The highest BCUT2D eigenvalue weighted by Gasteiger charge is 2.34. The topological polar surface area (TPSA) is 75.6 Å². The Kier molecular flexibility index (Phi) is 4.36. The van der Waals surface area contributed by atoms with Gasteiger partial charge in [0, 0.05) is 0 Å². The molecule has 2 aliphatic carbocycles. The van der Waals surface area contributed by atoms with E-state index in [-0.39, 0.29) is 12.0 Å². The maximum atomic E-state index is 11.9. The van der Waals surface area contributed by atoms with Crippen molar-refractivity contribution in [3.8, 4) is 0 Å². The molecular weight excluding hydrogens is 234 g/mol. The number of aliphatic carboxylic acids is 1. The summed E-state index contributed by atoms with van der Waals surface area (Å²) in [5.74, 6) is -2.38. The second-order valence-corrected chi connectivity index (χ2v) is 4.98. The van der Waals surface area contributed by atoms with Gasteiger partial charge in [-0.3, -0.25) is 14.4 Å². The van der Waals surface area contributed by atoms with Crippen molar-refractivity contribution < 1.29 is 19.5 Å². The van der Waals surface area contributed by atoms with E-state index in [1.165, 1.54) is 0 Å². The number of rotatable bonds is 4. The number of allylic oxidation sites excluding steroid dienone is 2. The Morgan fingerprint density at radius 2 is 1.72 bits per heavy atom. The zero-order valence-corrected chi connectivity index (χ0v) is 10.3. The van der Waals surface area contributed by atoms with Gasteiger partial charge in [0.1, 0.15) is 0 Å². The van der Waals surface area contributed by atoms with Crippen molar-refractivity contribution in [3.05, 3.63) is 12.2 Å². The molecule has 2 N–H and O–H groups in total. The second-order valence-electron chi connectivity index (χ2n) is 4.98. The van der Waals surface area contributed by atoms with E-state index in [1.54, 1.807) is 0 Å². The van der Waals surface area contributed by atoms with Crippen LogP contribution < -0.4 is 5.48 Å². The molecule has 0 aliphatic heterocycles. The van der Waals surface area contributed by atoms with Gasteiger partial charge >= 0.3 is 5.97 Å². The fraction of sp³-hybridized carbons (Fsp3) is 0.692. The molecule has 5 nitrogen and oxygen atoms in total. The molecule has 0 bridgehead atoms. The van der Waals surface area contributed by atoms with E-state index in [4.69, 9.17) is 9.94 Å². The Hall–Kier alpha value is -1.36. The minimum absolute atomic E-state index is 0.0939. The molecule has 1 saturated carbocycles. The smallest absolute Gasteiger partial charge is 0.307 e. The summed E-state index contributed by atoms with van der Waals surface area (Å²) in [5.41, 5.74) is 2.44. The number of nitrogens with one attached hydrogen (secondary N) is 1. The van der Waals surface area contributed by atoms with Gasteiger partial charge in [0.25, 0.3) is 0 Å². The van der Waals surface area contributed by atoms with E-state index < -0.39 is 17.8 Å². The van der Waals surface area contributed by atoms with Gasteiger partial charge in [0.2, 0.25) is 5.91 Å². The molecule has 0 aromatic carbocycles. The van der Waals surface area contributed by atoms with E-state index in [2.05, 4.69) is 5.48 Å². The first-order valence-corrected chi connectivity index (χ1v) is 6.52. The maximum absolute atomic E-state index is 11.9. The van der Waals surface area contributed by atoms with Crippen molar-refractivity contribution in [3.63, 3.8) is 0 Å². The van der Waals surface area contributed by atoms with Crippen LogP contribution in [0.1, 0.15) is 38.5 Å². The van der Waals surface area contributed by atoms with Gasteiger partial charge in [-0.2, -0.15) is 0 Å². The average molecular weight is 253 g/mol. The zero-order valence-electron chi connectivity index (χ0n) is 10.3. The Morgan fingerprint density at radius 1 is 1.11 bits per heavy atom. The fourth-order valence-corrected chi connectivity index (χ4v) is 2.60. The molecule has 0 radical (unpaired) electrons.